The van der Waals surface area contributed by atoms with E-state index in [0.29, 0.717) is 62.0 Å². The zero-order valence-corrected chi connectivity index (χ0v) is 26.6. The van der Waals surface area contributed by atoms with Crippen LogP contribution in [0.5, 0.6) is 0 Å². The van der Waals surface area contributed by atoms with Gasteiger partial charge in [-0.25, -0.2) is 14.8 Å². The van der Waals surface area contributed by atoms with Gasteiger partial charge in [0.2, 0.25) is 11.9 Å². The smallest absolute Gasteiger partial charge is 0.416 e. The van der Waals surface area contributed by atoms with Crippen LogP contribution in [0, 0.1) is 11.3 Å². The standard InChI is InChI=1S/C34H38N10O3/c1-41-16-17-43(15-14-31(41)45)32-26(18-35)20-37-33(40-32)39-28-9-11-29(12-10-28)44(34(46)47-23-24-6-4-3-5-7-24)30-13-8-25(19-36-30)27-21-38-42(2)22-27/h3-8,13,19-22,28-29H,9-12,14-17,23H2,1-2H3,(H,37,39,40). The van der Waals surface area contributed by atoms with Gasteiger partial charge in [0.15, 0.2) is 5.82 Å². The number of nitriles is 1. The topological polar surface area (TPSA) is 145 Å². The molecular formula is C34H38N10O3. The Bertz CT molecular complexity index is 1730. The first kappa shape index (κ1) is 31.5. The van der Waals surface area contributed by atoms with Crippen LogP contribution in [0.2, 0.25) is 0 Å². The van der Waals surface area contributed by atoms with Crippen LogP contribution in [0.4, 0.5) is 22.4 Å². The molecule has 242 valence electrons. The number of hydrogen-bond donors (Lipinski definition) is 1. The number of anilines is 3. The first-order chi connectivity index (χ1) is 22.9. The van der Waals surface area contributed by atoms with Gasteiger partial charge >= 0.3 is 6.09 Å². The molecule has 13 nitrogen and oxygen atoms in total. The molecule has 1 aromatic carbocycles. The minimum absolute atomic E-state index is 0.0759. The average molecular weight is 635 g/mol. The van der Waals surface area contributed by atoms with Crippen LogP contribution in [0.3, 0.4) is 0 Å². The first-order valence-corrected chi connectivity index (χ1v) is 15.9. The van der Waals surface area contributed by atoms with Crippen molar-refractivity contribution in [3.8, 4) is 17.2 Å². The number of amides is 2. The minimum atomic E-state index is -0.437. The third-order valence-corrected chi connectivity index (χ3v) is 8.75. The molecule has 2 amide bonds. The molecule has 47 heavy (non-hydrogen) atoms. The number of pyridine rings is 1. The van der Waals surface area contributed by atoms with E-state index in [4.69, 9.17) is 9.72 Å². The van der Waals surface area contributed by atoms with E-state index in [9.17, 15) is 14.9 Å². The number of aryl methyl sites for hydroxylation is 1. The maximum atomic E-state index is 13.6. The largest absolute Gasteiger partial charge is 0.444 e. The Kier molecular flexibility index (Phi) is 9.56. The molecule has 1 aliphatic heterocycles. The van der Waals surface area contributed by atoms with Crippen molar-refractivity contribution in [1.29, 1.82) is 5.26 Å². The minimum Gasteiger partial charge on any atom is -0.444 e. The number of hydrogen-bond acceptors (Lipinski definition) is 10. The molecular weight excluding hydrogens is 596 g/mol. The molecule has 1 saturated carbocycles. The molecule has 2 aliphatic rings. The molecule has 1 aliphatic carbocycles. The van der Waals surface area contributed by atoms with Crippen molar-refractivity contribution < 1.29 is 14.3 Å². The van der Waals surface area contributed by atoms with Gasteiger partial charge in [-0.15, -0.1) is 0 Å². The summed E-state index contributed by atoms with van der Waals surface area (Å²) in [6.45, 7) is 1.81. The van der Waals surface area contributed by atoms with E-state index in [-0.39, 0.29) is 24.6 Å². The Labute approximate surface area is 273 Å². The fourth-order valence-electron chi connectivity index (χ4n) is 6.05. The SMILES string of the molecule is CN1CCN(c2nc(NC3CCC(N(C(=O)OCc4ccccc4)c4ccc(-c5cnn(C)c5)cn4)CC3)ncc2C#N)CCC1=O. The van der Waals surface area contributed by atoms with Crippen molar-refractivity contribution in [3.63, 3.8) is 0 Å². The van der Waals surface area contributed by atoms with Crippen LogP contribution in [-0.4, -0.2) is 80.4 Å². The van der Waals surface area contributed by atoms with Crippen molar-refractivity contribution in [2.24, 2.45) is 7.05 Å². The summed E-state index contributed by atoms with van der Waals surface area (Å²) < 4.78 is 7.53. The monoisotopic (exact) mass is 634 g/mol. The highest BCUT2D eigenvalue weighted by Crippen LogP contribution is 2.30. The number of likely N-dealkylation sites (N-methyl/N-ethyl adjacent to an activating group) is 1. The van der Waals surface area contributed by atoms with Gasteiger partial charge in [0.25, 0.3) is 0 Å². The van der Waals surface area contributed by atoms with Crippen LogP contribution in [0.25, 0.3) is 11.1 Å². The molecule has 1 saturated heterocycles. The van der Waals surface area contributed by atoms with Gasteiger partial charge < -0.3 is 19.9 Å². The zero-order valence-electron chi connectivity index (χ0n) is 26.6. The second-order valence-electron chi connectivity index (χ2n) is 12.0. The normalized spacial score (nSPS) is 18.3. The fourth-order valence-corrected chi connectivity index (χ4v) is 6.05. The molecule has 1 N–H and O–H groups in total. The summed E-state index contributed by atoms with van der Waals surface area (Å²) in [4.78, 5) is 45.0. The van der Waals surface area contributed by atoms with E-state index in [2.05, 4.69) is 26.5 Å². The van der Waals surface area contributed by atoms with Crippen LogP contribution >= 0.6 is 0 Å². The zero-order chi connectivity index (χ0) is 32.8. The van der Waals surface area contributed by atoms with Crippen LogP contribution < -0.4 is 15.1 Å². The van der Waals surface area contributed by atoms with E-state index < -0.39 is 6.09 Å². The molecule has 4 aromatic rings. The number of aromatic nitrogens is 5. The van der Waals surface area contributed by atoms with Crippen molar-refractivity contribution in [1.82, 2.24) is 29.6 Å². The average Bonchev–Trinajstić information content (AvgIpc) is 3.47. The Morgan fingerprint density at radius 2 is 1.81 bits per heavy atom. The van der Waals surface area contributed by atoms with Crippen LogP contribution in [0.1, 0.15) is 43.2 Å². The highest BCUT2D eigenvalue weighted by atomic mass is 16.6. The molecule has 13 heteroatoms. The maximum Gasteiger partial charge on any atom is 0.416 e. The van der Waals surface area contributed by atoms with E-state index in [1.54, 1.807) is 33.9 Å². The van der Waals surface area contributed by atoms with Gasteiger partial charge in [0.05, 0.1) is 12.4 Å². The third kappa shape index (κ3) is 7.49. The number of rotatable bonds is 8. The number of nitrogens with zero attached hydrogens (tertiary/aromatic N) is 9. The van der Waals surface area contributed by atoms with Crippen molar-refractivity contribution >= 4 is 29.6 Å². The number of carbonyl (C=O) groups excluding carboxylic acids is 2. The lowest BCUT2D eigenvalue weighted by molar-refractivity contribution is -0.129. The van der Waals surface area contributed by atoms with Crippen molar-refractivity contribution in [2.75, 3.05) is 41.8 Å². The summed E-state index contributed by atoms with van der Waals surface area (Å²) >= 11 is 0. The third-order valence-electron chi connectivity index (χ3n) is 8.75. The second kappa shape index (κ2) is 14.3. The molecule has 6 rings (SSSR count). The molecule has 4 heterocycles. The summed E-state index contributed by atoms with van der Waals surface area (Å²) in [5.74, 6) is 1.59. The van der Waals surface area contributed by atoms with E-state index in [0.717, 1.165) is 29.5 Å². The van der Waals surface area contributed by atoms with E-state index in [1.165, 1.54) is 6.20 Å². The lowest BCUT2D eigenvalue weighted by Crippen LogP contribution is -2.45. The van der Waals surface area contributed by atoms with Gasteiger partial charge in [-0.05, 0) is 43.4 Å². The number of nitrogens with one attached hydrogen (secondary N) is 1. The van der Waals surface area contributed by atoms with Gasteiger partial charge in [0.1, 0.15) is 24.1 Å². The van der Waals surface area contributed by atoms with E-state index >= 15 is 0 Å². The highest BCUT2D eigenvalue weighted by molar-refractivity contribution is 5.87. The highest BCUT2D eigenvalue weighted by Gasteiger charge is 2.32. The second-order valence-corrected chi connectivity index (χ2v) is 12.0. The Morgan fingerprint density at radius 3 is 2.51 bits per heavy atom. The molecule has 0 atom stereocenters. The summed E-state index contributed by atoms with van der Waals surface area (Å²) in [5.41, 5.74) is 3.14. The number of ether oxygens (including phenoxy) is 1. The molecule has 0 bridgehead atoms. The van der Waals surface area contributed by atoms with Crippen LogP contribution in [0.15, 0.2) is 67.3 Å². The van der Waals surface area contributed by atoms with E-state index in [1.807, 2.05) is 60.6 Å². The molecule has 0 unspecified atom stereocenters. The van der Waals surface area contributed by atoms with Crippen LogP contribution in [-0.2, 0) is 23.2 Å². The lowest BCUT2D eigenvalue weighted by atomic mass is 9.90. The number of carbonyl (C=O) groups is 2. The van der Waals surface area contributed by atoms with Gasteiger partial charge in [0, 0.05) is 75.8 Å². The Balaban J connectivity index is 1.15. The summed E-state index contributed by atoms with van der Waals surface area (Å²) in [6, 6.07) is 15.6. The molecule has 0 radical (unpaired) electrons. The quantitative estimate of drug-likeness (QED) is 0.296. The lowest BCUT2D eigenvalue weighted by Gasteiger charge is -2.36. The Morgan fingerprint density at radius 1 is 1.00 bits per heavy atom. The van der Waals surface area contributed by atoms with Gasteiger partial charge in [-0.3, -0.25) is 14.4 Å². The predicted octanol–water partition coefficient (Wildman–Crippen LogP) is 4.38. The summed E-state index contributed by atoms with van der Waals surface area (Å²) in [6.07, 6.45) is 9.90. The molecule has 0 spiro atoms. The predicted molar refractivity (Wildman–Crippen MR) is 176 cm³/mol. The maximum absolute atomic E-state index is 13.6. The van der Waals surface area contributed by atoms with Gasteiger partial charge in [-0.2, -0.15) is 15.3 Å². The fraction of sp³-hybridized carbons (Fsp3) is 0.382. The summed E-state index contributed by atoms with van der Waals surface area (Å²) in [5, 5.41) is 17.4. The van der Waals surface area contributed by atoms with Crippen molar-refractivity contribution in [3.05, 3.63) is 78.4 Å². The molecule has 2 fully saturated rings. The Hall–Kier alpha value is -5.51. The number of benzene rings is 1. The summed E-state index contributed by atoms with van der Waals surface area (Å²) in [7, 11) is 3.66. The van der Waals surface area contributed by atoms with Crippen molar-refractivity contribution in [2.45, 2.75) is 50.8 Å². The molecule has 3 aromatic heterocycles. The van der Waals surface area contributed by atoms with Gasteiger partial charge in [-0.1, -0.05) is 30.3 Å². The first-order valence-electron chi connectivity index (χ1n) is 15.9.